The van der Waals surface area contributed by atoms with Gasteiger partial charge in [0.05, 0.1) is 62.4 Å². The highest BCUT2D eigenvalue weighted by atomic mass is 16.8. The smallest absolute Gasteiger partial charge is 0.317 e. The maximum atomic E-state index is 16.0. The molecule has 0 bridgehead atoms. The molecule has 10 rings (SSSR count). The summed E-state index contributed by atoms with van der Waals surface area (Å²) >= 11 is 0. The maximum absolute atomic E-state index is 16.0. The van der Waals surface area contributed by atoms with Crippen molar-refractivity contribution in [3.63, 3.8) is 0 Å². The molecule has 9 fully saturated rings. The van der Waals surface area contributed by atoms with E-state index in [1.807, 2.05) is 6.92 Å². The van der Waals surface area contributed by atoms with Crippen LogP contribution < -0.4 is 0 Å². The molecule has 0 radical (unpaired) electrons. The first-order valence-corrected chi connectivity index (χ1v) is 34.3. The third kappa shape index (κ3) is 13.6. The van der Waals surface area contributed by atoms with Crippen LogP contribution in [0.25, 0.3) is 0 Å². The summed E-state index contributed by atoms with van der Waals surface area (Å²) in [5.74, 6) is -4.58. The summed E-state index contributed by atoms with van der Waals surface area (Å²) in [4.78, 5) is 54.3. The molecule has 13 N–H and O–H groups in total. The lowest BCUT2D eigenvalue weighted by atomic mass is 9.33. The zero-order valence-corrected chi connectivity index (χ0v) is 57.5. The van der Waals surface area contributed by atoms with Crippen molar-refractivity contribution in [2.75, 3.05) is 13.2 Å². The van der Waals surface area contributed by atoms with Crippen LogP contribution in [0, 0.1) is 50.2 Å². The molecule has 4 saturated carbocycles. The van der Waals surface area contributed by atoms with Crippen molar-refractivity contribution in [1.82, 2.24) is 0 Å². The Labute approximate surface area is 564 Å². The lowest BCUT2D eigenvalue weighted by molar-refractivity contribution is -0.378. The fourth-order valence-corrected chi connectivity index (χ4v) is 19.0. The first-order valence-electron chi connectivity index (χ1n) is 34.3. The highest BCUT2D eigenvalue weighted by Crippen LogP contribution is 2.76. The van der Waals surface area contributed by atoms with E-state index >= 15 is 4.79 Å². The van der Waals surface area contributed by atoms with Gasteiger partial charge in [-0.25, -0.2) is 0 Å². The van der Waals surface area contributed by atoms with Crippen LogP contribution in [-0.2, 0) is 80.8 Å². The van der Waals surface area contributed by atoms with Crippen molar-refractivity contribution in [2.45, 2.75) is 320 Å². The molecule has 30 heteroatoms. The van der Waals surface area contributed by atoms with Gasteiger partial charge in [0.25, 0.3) is 0 Å². The summed E-state index contributed by atoms with van der Waals surface area (Å²) < 4.78 is 77.6. The van der Waals surface area contributed by atoms with Crippen LogP contribution in [0.5, 0.6) is 0 Å². The summed E-state index contributed by atoms with van der Waals surface area (Å²) in [7, 11) is 0. The number of fused-ring (bicyclic) bond motifs is 7. The molecular formula is C67H106O30. The van der Waals surface area contributed by atoms with Gasteiger partial charge >= 0.3 is 23.9 Å². The Balaban J connectivity index is 0.919. The highest BCUT2D eigenvalue weighted by molar-refractivity contribution is 5.80. The van der Waals surface area contributed by atoms with Crippen LogP contribution in [0.2, 0.25) is 0 Å². The minimum Gasteiger partial charge on any atom is -0.462 e. The Kier molecular flexibility index (Phi) is 22.4. The quantitative estimate of drug-likeness (QED) is 0.0378. The summed E-state index contributed by atoms with van der Waals surface area (Å²) in [5.41, 5.74) is -4.26. The number of hydrogen-bond donors (Lipinski definition) is 13. The lowest BCUT2D eigenvalue weighted by Crippen LogP contribution is -2.70. The van der Waals surface area contributed by atoms with Crippen LogP contribution in [0.4, 0.5) is 0 Å². The number of rotatable bonds is 16. The van der Waals surface area contributed by atoms with Crippen molar-refractivity contribution in [1.29, 1.82) is 0 Å². The lowest BCUT2D eigenvalue weighted by Gasteiger charge is -2.72. The van der Waals surface area contributed by atoms with Crippen molar-refractivity contribution in [3.8, 4) is 0 Å². The van der Waals surface area contributed by atoms with Crippen molar-refractivity contribution in [3.05, 3.63) is 11.6 Å². The van der Waals surface area contributed by atoms with Crippen molar-refractivity contribution in [2.24, 2.45) is 50.2 Å². The average Bonchev–Trinajstić information content (AvgIpc) is 0.670. The summed E-state index contributed by atoms with van der Waals surface area (Å²) in [6.45, 7) is 21.0. The molecule has 30 nitrogen and oxygen atoms in total. The van der Waals surface area contributed by atoms with Crippen LogP contribution in [0.15, 0.2) is 11.6 Å². The molecule has 0 spiro atoms. The van der Waals surface area contributed by atoms with Gasteiger partial charge in [-0.1, -0.05) is 53.2 Å². The minimum atomic E-state index is -1.98. The number of aliphatic hydroxyl groups excluding tert-OH is 13. The van der Waals surface area contributed by atoms with E-state index < -0.39 is 248 Å². The SMILES string of the molecule is CC(=O)O[C@H]1[C@H](O[C@H]2[C@@H](OC(=O)[C@]34CCC(C)(C)CC3C3=CCC5[C@@]6(C)C[C@H](O)[C@H](O[C@@H]7O[C@@H](C)[C@H](O)[C@@H](O)[C@H]7O)[C@@](C)(CO)C6CC[C@@]5(C)[C@]3(C)C[C@H]4O)O[C@@H](C)[C@H](OC(=O)C[C@@H](C)OC(C)=O)[C@@H]2O)O[C@@H](C)[C@H](O[C@H]2OC[C@@H](O[C@H]3O[C@@H](C)[C@H](O)[C@@H](O)[C@H]3O)[C@H](O)[C@H]2O)[C@H]1O. The van der Waals surface area contributed by atoms with Gasteiger partial charge in [-0.2, -0.15) is 0 Å². The third-order valence-electron chi connectivity index (χ3n) is 24.5. The molecule has 0 aromatic rings. The fourth-order valence-electron chi connectivity index (χ4n) is 19.0. The van der Waals surface area contributed by atoms with E-state index in [9.17, 15) is 80.8 Å². The van der Waals surface area contributed by atoms with E-state index in [1.54, 1.807) is 0 Å². The van der Waals surface area contributed by atoms with Crippen LogP contribution in [0.3, 0.4) is 0 Å². The van der Waals surface area contributed by atoms with Crippen LogP contribution in [0.1, 0.15) is 148 Å². The molecule has 5 aliphatic carbocycles. The second-order valence-electron chi connectivity index (χ2n) is 31.3. The maximum Gasteiger partial charge on any atom is 0.317 e. The Bertz CT molecular complexity index is 2850. The third-order valence-corrected chi connectivity index (χ3v) is 24.5. The predicted octanol–water partition coefficient (Wildman–Crippen LogP) is -1.08. The van der Waals surface area contributed by atoms with E-state index in [1.165, 1.54) is 34.6 Å². The number of ether oxygens (including phenoxy) is 13. The molecule has 554 valence electrons. The van der Waals surface area contributed by atoms with E-state index in [-0.39, 0.29) is 36.5 Å². The van der Waals surface area contributed by atoms with Gasteiger partial charge < -0.3 is 128 Å². The van der Waals surface area contributed by atoms with Gasteiger partial charge in [0.15, 0.2) is 43.5 Å². The van der Waals surface area contributed by atoms with E-state index in [0.717, 1.165) is 19.4 Å². The standard InChI is InChI=1S/C67H106O30/c1-26(86-31(6)69)20-40(73)93-51-29(4)90-60(54(49(51)82)95-59-53(91-32(7)70)50(83)52(30(5)89-59)94-56-46(79)43(76)36(24-85-56)92-57-47(80)44(77)41(74)27(2)87-57)97-61(84)67-19-18-62(8,9)21-34(67)33-14-15-38-63(10)22-35(71)55(96-58-48(81)45(78)42(75)28(3)88-58)64(11,25-68)37(63)16-17-65(38,12)66(33,13)23-39(67)72/h14,26-30,34-39,41-60,68,71-72,74-83H,15-25H2,1-13H3/t26-,27+,28+,29+,30+,34?,35+,36-,37?,38?,39-,41+,42+,43+,44-,45-,46-,47-,48-,49+,50-,51+,52+,53-,54-,55+,56-,57-,58+,59+,60-,63+,64+,65-,66-,67-/m1/s1. The van der Waals surface area contributed by atoms with Gasteiger partial charge in [-0.15, -0.1) is 0 Å². The van der Waals surface area contributed by atoms with Crippen molar-refractivity contribution >= 4 is 23.9 Å². The number of allylic oxidation sites excluding steroid dienone is 2. The molecule has 97 heavy (non-hydrogen) atoms. The van der Waals surface area contributed by atoms with Gasteiger partial charge in [0, 0.05) is 19.3 Å². The molecule has 3 unspecified atom stereocenters. The number of carbonyl (C=O) groups excluding carboxylic acids is 4. The van der Waals surface area contributed by atoms with E-state index in [2.05, 4.69) is 40.7 Å². The van der Waals surface area contributed by atoms with E-state index in [0.29, 0.717) is 32.1 Å². The molecule has 5 heterocycles. The predicted molar refractivity (Wildman–Crippen MR) is 327 cm³/mol. The Morgan fingerprint density at radius 3 is 1.73 bits per heavy atom. The molecule has 0 aromatic heterocycles. The first-order chi connectivity index (χ1) is 45.2. The molecule has 0 aromatic carbocycles. The average molecular weight is 1390 g/mol. The molecule has 5 saturated heterocycles. The molecule has 10 aliphatic rings. The number of carbonyl (C=O) groups is 4. The summed E-state index contributed by atoms with van der Waals surface area (Å²) in [5, 5.41) is 148. The largest absolute Gasteiger partial charge is 0.462 e. The molecule has 5 aliphatic heterocycles. The fraction of sp³-hybridized carbons (Fsp3) is 0.910. The zero-order valence-electron chi connectivity index (χ0n) is 57.5. The summed E-state index contributed by atoms with van der Waals surface area (Å²) in [6.07, 6.45) is -38.5. The number of hydrogen-bond acceptors (Lipinski definition) is 30. The second kappa shape index (κ2) is 28.4. The number of aliphatic hydroxyl groups is 13. The highest BCUT2D eigenvalue weighted by Gasteiger charge is 2.73. The van der Waals surface area contributed by atoms with Crippen LogP contribution in [-0.4, -0.2) is 275 Å². The molecular weight excluding hydrogens is 1280 g/mol. The zero-order chi connectivity index (χ0) is 71.5. The second-order valence-corrected chi connectivity index (χ2v) is 31.3. The first kappa shape index (κ1) is 76.4. The minimum absolute atomic E-state index is 0.0760. The van der Waals surface area contributed by atoms with Gasteiger partial charge in [-0.3, -0.25) is 19.2 Å². The molecule has 0 amide bonds. The van der Waals surface area contributed by atoms with Gasteiger partial charge in [0.2, 0.25) is 6.29 Å². The van der Waals surface area contributed by atoms with Crippen LogP contribution >= 0.6 is 0 Å². The monoisotopic (exact) mass is 1390 g/mol. The Morgan fingerprint density at radius 2 is 1.12 bits per heavy atom. The van der Waals surface area contributed by atoms with Crippen molar-refractivity contribution < 1.29 is 147 Å². The van der Waals surface area contributed by atoms with E-state index in [4.69, 9.17) is 61.6 Å². The number of esters is 4. The summed E-state index contributed by atoms with van der Waals surface area (Å²) in [6, 6.07) is 0. The van der Waals surface area contributed by atoms with Gasteiger partial charge in [0.1, 0.15) is 84.8 Å². The topological polar surface area (TPSA) is 451 Å². The Hall–Kier alpha value is -3.26. The Morgan fingerprint density at radius 1 is 0.557 bits per heavy atom. The van der Waals surface area contributed by atoms with Gasteiger partial charge in [-0.05, 0) is 125 Å². The molecule has 36 atom stereocenters. The normalized spacial score (nSPS) is 51.5.